The molecule has 4 nitrogen and oxygen atoms in total. The molecule has 2 bridgehead atoms. The van der Waals surface area contributed by atoms with Crippen LogP contribution in [0.1, 0.15) is 33.1 Å². The van der Waals surface area contributed by atoms with Gasteiger partial charge in [0, 0.05) is 6.04 Å². The molecule has 4 heteroatoms. The zero-order valence-corrected chi connectivity index (χ0v) is 11.4. The summed E-state index contributed by atoms with van der Waals surface area (Å²) >= 11 is 0. The number of aliphatic carboxylic acids is 1. The van der Waals surface area contributed by atoms with Crippen molar-refractivity contribution in [2.45, 2.75) is 39.2 Å². The van der Waals surface area contributed by atoms with Gasteiger partial charge in [-0.1, -0.05) is 13.8 Å². The van der Waals surface area contributed by atoms with E-state index in [1.165, 1.54) is 19.3 Å². The fraction of sp³-hybridized carbons (Fsp3) is 0.867. The zero-order valence-electron chi connectivity index (χ0n) is 11.4. The summed E-state index contributed by atoms with van der Waals surface area (Å²) in [5.74, 6) is 1.43. The fourth-order valence-electron chi connectivity index (χ4n) is 5.36. The van der Waals surface area contributed by atoms with Gasteiger partial charge in [0.2, 0.25) is 5.91 Å². The number of fused-ring (bicyclic) bond motifs is 5. The van der Waals surface area contributed by atoms with Gasteiger partial charge in [0.1, 0.15) is 0 Å². The molecule has 0 spiro atoms. The lowest BCUT2D eigenvalue weighted by Gasteiger charge is -2.11. The Morgan fingerprint density at radius 2 is 1.68 bits per heavy atom. The van der Waals surface area contributed by atoms with E-state index in [1.807, 2.05) is 13.8 Å². The molecule has 4 aliphatic rings. The largest absolute Gasteiger partial charge is 0.481 e. The maximum atomic E-state index is 12.3. The molecule has 0 radical (unpaired) electrons. The van der Waals surface area contributed by atoms with E-state index in [0.717, 1.165) is 11.8 Å². The van der Waals surface area contributed by atoms with Gasteiger partial charge in [-0.2, -0.15) is 0 Å². The molecular formula is C15H21NO3. The third kappa shape index (κ3) is 1.40. The van der Waals surface area contributed by atoms with Crippen LogP contribution in [0.15, 0.2) is 0 Å². The van der Waals surface area contributed by atoms with Gasteiger partial charge in [0.05, 0.1) is 11.8 Å². The van der Waals surface area contributed by atoms with Crippen molar-refractivity contribution >= 4 is 11.9 Å². The lowest BCUT2D eigenvalue weighted by Crippen LogP contribution is -2.32. The van der Waals surface area contributed by atoms with Crippen molar-refractivity contribution in [3.63, 3.8) is 0 Å². The maximum absolute atomic E-state index is 12.3. The Bertz CT molecular complexity index is 456. The molecule has 19 heavy (non-hydrogen) atoms. The molecule has 6 atom stereocenters. The Kier molecular flexibility index (Phi) is 2.06. The van der Waals surface area contributed by atoms with Gasteiger partial charge in [-0.05, 0) is 48.3 Å². The summed E-state index contributed by atoms with van der Waals surface area (Å²) in [5, 5.41) is 12.3. The average Bonchev–Trinajstić information content (AvgIpc) is 3.01. The van der Waals surface area contributed by atoms with Crippen LogP contribution in [0.4, 0.5) is 0 Å². The van der Waals surface area contributed by atoms with Gasteiger partial charge >= 0.3 is 5.97 Å². The summed E-state index contributed by atoms with van der Waals surface area (Å²) in [4.78, 5) is 23.4. The predicted molar refractivity (Wildman–Crippen MR) is 68.1 cm³/mol. The quantitative estimate of drug-likeness (QED) is 0.811. The van der Waals surface area contributed by atoms with Crippen molar-refractivity contribution in [2.75, 3.05) is 0 Å². The predicted octanol–water partition coefficient (Wildman–Crippen LogP) is 1.50. The highest BCUT2D eigenvalue weighted by molar-refractivity contribution is 5.92. The number of carboxylic acid groups (broad SMARTS) is 1. The van der Waals surface area contributed by atoms with E-state index in [9.17, 15) is 9.59 Å². The molecule has 0 aromatic carbocycles. The Balaban J connectivity index is 1.41. The van der Waals surface area contributed by atoms with Gasteiger partial charge in [-0.15, -0.1) is 0 Å². The number of carbonyl (C=O) groups excluding carboxylic acids is 1. The summed E-state index contributed by atoms with van der Waals surface area (Å²) in [6.45, 7) is 3.76. The third-order valence-corrected chi connectivity index (χ3v) is 6.42. The van der Waals surface area contributed by atoms with Crippen molar-refractivity contribution in [2.24, 2.45) is 40.9 Å². The van der Waals surface area contributed by atoms with Gasteiger partial charge < -0.3 is 10.4 Å². The summed E-state index contributed by atoms with van der Waals surface area (Å²) in [7, 11) is 0. The highest BCUT2D eigenvalue weighted by Crippen LogP contribution is 2.66. The Hall–Kier alpha value is -1.06. The van der Waals surface area contributed by atoms with E-state index in [2.05, 4.69) is 5.32 Å². The number of carboxylic acids is 1. The molecule has 4 rings (SSSR count). The van der Waals surface area contributed by atoms with E-state index < -0.39 is 11.9 Å². The van der Waals surface area contributed by atoms with Crippen LogP contribution in [-0.2, 0) is 9.59 Å². The lowest BCUT2D eigenvalue weighted by molar-refractivity contribution is -0.140. The molecule has 0 aliphatic heterocycles. The van der Waals surface area contributed by atoms with E-state index in [4.69, 9.17) is 5.11 Å². The smallest absolute Gasteiger partial charge is 0.307 e. The second-order valence-corrected chi connectivity index (χ2v) is 7.64. The lowest BCUT2D eigenvalue weighted by atomic mass is 10.0. The van der Waals surface area contributed by atoms with Crippen molar-refractivity contribution in [3.8, 4) is 0 Å². The molecule has 2 N–H and O–H groups in total. The number of rotatable bonds is 3. The summed E-state index contributed by atoms with van der Waals surface area (Å²) in [6, 6.07) is 0.365. The minimum absolute atomic E-state index is 0.0174. The first-order valence-corrected chi connectivity index (χ1v) is 7.46. The van der Waals surface area contributed by atoms with E-state index >= 15 is 0 Å². The number of hydrogen-bond donors (Lipinski definition) is 2. The van der Waals surface area contributed by atoms with Crippen LogP contribution in [0.3, 0.4) is 0 Å². The van der Waals surface area contributed by atoms with Gasteiger partial charge in [0.15, 0.2) is 0 Å². The molecule has 4 aliphatic carbocycles. The molecule has 0 aromatic rings. The van der Waals surface area contributed by atoms with Crippen LogP contribution in [0.25, 0.3) is 0 Å². The molecule has 4 fully saturated rings. The molecule has 0 heterocycles. The SMILES string of the molecule is CC1(C)C(C(=O)O)C1C(=O)NC1C2C3CCC(C3)C12. The maximum Gasteiger partial charge on any atom is 0.307 e. The minimum Gasteiger partial charge on any atom is -0.481 e. The van der Waals surface area contributed by atoms with Crippen molar-refractivity contribution < 1.29 is 14.7 Å². The Morgan fingerprint density at radius 1 is 1.11 bits per heavy atom. The Morgan fingerprint density at radius 3 is 2.16 bits per heavy atom. The molecule has 0 aromatic heterocycles. The number of carbonyl (C=O) groups is 2. The Labute approximate surface area is 112 Å². The first-order valence-electron chi connectivity index (χ1n) is 7.46. The summed E-state index contributed by atoms with van der Waals surface area (Å²) in [6.07, 6.45) is 4.05. The van der Waals surface area contributed by atoms with Gasteiger partial charge in [-0.3, -0.25) is 9.59 Å². The van der Waals surface area contributed by atoms with Crippen LogP contribution >= 0.6 is 0 Å². The molecular weight excluding hydrogens is 242 g/mol. The minimum atomic E-state index is -0.832. The first-order chi connectivity index (χ1) is 8.93. The van der Waals surface area contributed by atoms with E-state index in [1.54, 1.807) is 0 Å². The average molecular weight is 263 g/mol. The molecule has 0 saturated heterocycles. The zero-order chi connectivity index (χ0) is 13.5. The van der Waals surface area contributed by atoms with Crippen LogP contribution in [0.5, 0.6) is 0 Å². The van der Waals surface area contributed by atoms with Crippen molar-refractivity contribution in [3.05, 3.63) is 0 Å². The fourth-order valence-corrected chi connectivity index (χ4v) is 5.36. The second kappa shape index (κ2) is 3.33. The van der Waals surface area contributed by atoms with Crippen LogP contribution in [0, 0.1) is 40.9 Å². The molecule has 4 saturated carbocycles. The highest BCUT2D eigenvalue weighted by atomic mass is 16.4. The number of hydrogen-bond acceptors (Lipinski definition) is 2. The van der Waals surface area contributed by atoms with E-state index in [-0.39, 0.29) is 17.2 Å². The highest BCUT2D eigenvalue weighted by Gasteiger charge is 2.69. The van der Waals surface area contributed by atoms with Crippen molar-refractivity contribution in [1.29, 1.82) is 0 Å². The number of amides is 1. The topological polar surface area (TPSA) is 66.4 Å². The molecule has 6 unspecified atom stereocenters. The molecule has 1 amide bonds. The van der Waals surface area contributed by atoms with Crippen LogP contribution < -0.4 is 5.32 Å². The van der Waals surface area contributed by atoms with Crippen LogP contribution in [-0.4, -0.2) is 23.0 Å². The van der Waals surface area contributed by atoms with Gasteiger partial charge in [-0.25, -0.2) is 0 Å². The van der Waals surface area contributed by atoms with Gasteiger partial charge in [0.25, 0.3) is 0 Å². The third-order valence-electron chi connectivity index (χ3n) is 6.42. The summed E-state index contributed by atoms with van der Waals surface area (Å²) in [5.41, 5.74) is -0.376. The van der Waals surface area contributed by atoms with Crippen LogP contribution in [0.2, 0.25) is 0 Å². The molecule has 104 valence electrons. The summed E-state index contributed by atoms with van der Waals surface area (Å²) < 4.78 is 0. The second-order valence-electron chi connectivity index (χ2n) is 7.64. The monoisotopic (exact) mass is 263 g/mol. The standard InChI is InChI=1S/C15H21NO3/c1-15(2)10(11(15)14(18)19)13(17)16-12-8-6-3-4-7(5-6)9(8)12/h6-12H,3-5H2,1-2H3,(H,16,17)(H,18,19). The normalized spacial score (nSPS) is 51.6. The van der Waals surface area contributed by atoms with E-state index in [0.29, 0.717) is 17.9 Å². The van der Waals surface area contributed by atoms with Crippen molar-refractivity contribution in [1.82, 2.24) is 5.32 Å². The first kappa shape index (κ1) is 11.7. The number of nitrogens with one attached hydrogen (secondary N) is 1.